The van der Waals surface area contributed by atoms with Gasteiger partial charge in [-0.3, -0.25) is 14.6 Å². The summed E-state index contributed by atoms with van der Waals surface area (Å²) in [5.41, 5.74) is 0.995. The number of carbonyl (C=O) groups is 1. The van der Waals surface area contributed by atoms with Gasteiger partial charge in [-0.1, -0.05) is 42.6 Å². The van der Waals surface area contributed by atoms with Gasteiger partial charge in [0, 0.05) is 38.0 Å². The summed E-state index contributed by atoms with van der Waals surface area (Å²) in [5.74, 6) is 0.310. The number of hydrogen-bond acceptors (Lipinski definition) is 4. The van der Waals surface area contributed by atoms with E-state index in [1.165, 1.54) is 0 Å². The Hall–Kier alpha value is -0.650. The molecule has 0 radical (unpaired) electrons. The molecule has 0 aromatic heterocycles. The molecule has 1 saturated carbocycles. The SMILES string of the molecule is CCC(=O)C(N(C)CCN1CCOCC1)C1(c2ccc(Cl)c(Cl)c2)CCC1. The van der Waals surface area contributed by atoms with Crippen LogP contribution in [0, 0.1) is 0 Å². The Labute approximate surface area is 172 Å². The Morgan fingerprint density at radius 2 is 1.96 bits per heavy atom. The number of nitrogens with zero attached hydrogens (tertiary/aromatic N) is 2. The summed E-state index contributed by atoms with van der Waals surface area (Å²) in [4.78, 5) is 17.7. The predicted molar refractivity (Wildman–Crippen MR) is 111 cm³/mol. The fraction of sp³-hybridized carbons (Fsp3) is 0.667. The van der Waals surface area contributed by atoms with Gasteiger partial charge < -0.3 is 4.74 Å². The van der Waals surface area contributed by atoms with Crippen molar-refractivity contribution in [3.8, 4) is 0 Å². The van der Waals surface area contributed by atoms with Gasteiger partial charge in [-0.05, 0) is 37.6 Å². The van der Waals surface area contributed by atoms with Gasteiger partial charge in [-0.2, -0.15) is 0 Å². The van der Waals surface area contributed by atoms with Crippen LogP contribution in [-0.2, 0) is 14.9 Å². The zero-order chi connectivity index (χ0) is 19.4. The summed E-state index contributed by atoms with van der Waals surface area (Å²) >= 11 is 12.4. The number of benzene rings is 1. The number of ether oxygens (including phenoxy) is 1. The molecule has 2 aliphatic rings. The highest BCUT2D eigenvalue weighted by atomic mass is 35.5. The second-order valence-corrected chi connectivity index (χ2v) is 8.61. The minimum Gasteiger partial charge on any atom is -0.379 e. The van der Waals surface area contributed by atoms with Crippen molar-refractivity contribution in [2.75, 3.05) is 46.4 Å². The van der Waals surface area contributed by atoms with Gasteiger partial charge in [0.2, 0.25) is 0 Å². The molecule has 1 aromatic carbocycles. The first kappa shape index (κ1) is 21.1. The maximum Gasteiger partial charge on any atom is 0.150 e. The molecule has 1 unspecified atom stereocenters. The lowest BCUT2D eigenvalue weighted by Crippen LogP contribution is -2.58. The van der Waals surface area contributed by atoms with Gasteiger partial charge in [0.05, 0.1) is 29.3 Å². The van der Waals surface area contributed by atoms with Crippen molar-refractivity contribution in [2.24, 2.45) is 0 Å². The van der Waals surface area contributed by atoms with Crippen molar-refractivity contribution < 1.29 is 9.53 Å². The lowest BCUT2D eigenvalue weighted by molar-refractivity contribution is -0.128. The molecule has 2 fully saturated rings. The Kier molecular flexibility index (Phi) is 7.20. The second kappa shape index (κ2) is 9.23. The standard InChI is InChI=1S/C21H30Cl2N2O2/c1-3-19(26)20(24(2)9-10-25-11-13-27-14-12-25)21(7-4-8-21)16-5-6-17(22)18(23)15-16/h5-6,15,20H,3-4,7-14H2,1-2H3. The highest BCUT2D eigenvalue weighted by Gasteiger charge is 2.49. The maximum atomic E-state index is 13.0. The fourth-order valence-corrected chi connectivity index (χ4v) is 4.80. The van der Waals surface area contributed by atoms with Crippen LogP contribution in [0.3, 0.4) is 0 Å². The number of carbonyl (C=O) groups excluding carboxylic acids is 1. The normalized spacial score (nSPS) is 21.1. The number of Topliss-reactive ketones (excluding diaryl/α,β-unsaturated/α-hetero) is 1. The van der Waals surface area contributed by atoms with E-state index in [-0.39, 0.29) is 11.5 Å². The molecular formula is C21H30Cl2N2O2. The van der Waals surface area contributed by atoms with Gasteiger partial charge in [0.25, 0.3) is 0 Å². The largest absolute Gasteiger partial charge is 0.379 e. The first-order valence-corrected chi connectivity index (χ1v) is 10.7. The Bertz CT molecular complexity index is 658. The van der Waals surface area contributed by atoms with Crippen molar-refractivity contribution >= 4 is 29.0 Å². The van der Waals surface area contributed by atoms with E-state index in [0.717, 1.165) is 64.2 Å². The van der Waals surface area contributed by atoms with Crippen molar-refractivity contribution in [3.05, 3.63) is 33.8 Å². The van der Waals surface area contributed by atoms with Crippen LogP contribution < -0.4 is 0 Å². The first-order valence-electron chi connectivity index (χ1n) is 9.96. The molecule has 1 aliphatic heterocycles. The number of morpholine rings is 1. The van der Waals surface area contributed by atoms with Crippen LogP contribution >= 0.6 is 23.2 Å². The monoisotopic (exact) mass is 412 g/mol. The summed E-state index contributed by atoms with van der Waals surface area (Å²) in [6.07, 6.45) is 3.73. The molecule has 1 aliphatic carbocycles. The minimum absolute atomic E-state index is 0.116. The van der Waals surface area contributed by atoms with E-state index >= 15 is 0 Å². The first-order chi connectivity index (χ1) is 13.0. The van der Waals surface area contributed by atoms with E-state index in [1.54, 1.807) is 0 Å². The van der Waals surface area contributed by atoms with Crippen molar-refractivity contribution in [2.45, 2.75) is 44.1 Å². The molecule has 0 bridgehead atoms. The number of likely N-dealkylation sites (N-methyl/N-ethyl adjacent to an activating group) is 1. The van der Waals surface area contributed by atoms with Crippen molar-refractivity contribution in [1.82, 2.24) is 9.80 Å². The second-order valence-electron chi connectivity index (χ2n) is 7.80. The molecule has 0 N–H and O–H groups in total. The fourth-order valence-electron chi connectivity index (χ4n) is 4.51. The highest BCUT2D eigenvalue weighted by Crippen LogP contribution is 2.49. The quantitative estimate of drug-likeness (QED) is 0.645. The third-order valence-corrected chi connectivity index (χ3v) is 6.97. The summed E-state index contributed by atoms with van der Waals surface area (Å²) in [6, 6.07) is 5.77. The van der Waals surface area contributed by atoms with Gasteiger partial charge in [-0.25, -0.2) is 0 Å². The summed E-state index contributed by atoms with van der Waals surface area (Å²) in [6.45, 7) is 7.34. The molecule has 4 nitrogen and oxygen atoms in total. The third kappa shape index (κ3) is 4.51. The highest BCUT2D eigenvalue weighted by molar-refractivity contribution is 6.42. The molecule has 1 saturated heterocycles. The van der Waals surface area contributed by atoms with Gasteiger partial charge in [0.1, 0.15) is 0 Å². The van der Waals surface area contributed by atoms with Gasteiger partial charge >= 0.3 is 0 Å². The van der Waals surface area contributed by atoms with E-state index in [2.05, 4.69) is 22.9 Å². The third-order valence-electron chi connectivity index (χ3n) is 6.23. The molecule has 1 atom stereocenters. The van der Waals surface area contributed by atoms with E-state index in [9.17, 15) is 4.79 Å². The number of ketones is 1. The Morgan fingerprint density at radius 3 is 2.52 bits per heavy atom. The Morgan fingerprint density at radius 1 is 1.26 bits per heavy atom. The van der Waals surface area contributed by atoms with E-state index in [0.29, 0.717) is 22.2 Å². The lowest BCUT2D eigenvalue weighted by atomic mass is 9.58. The van der Waals surface area contributed by atoms with Crippen LogP contribution in [0.2, 0.25) is 10.0 Å². The zero-order valence-corrected chi connectivity index (χ0v) is 17.9. The van der Waals surface area contributed by atoms with E-state index < -0.39 is 0 Å². The van der Waals surface area contributed by atoms with Crippen LogP contribution in [0.4, 0.5) is 0 Å². The maximum absolute atomic E-state index is 13.0. The molecule has 150 valence electrons. The van der Waals surface area contributed by atoms with Crippen LogP contribution in [0.5, 0.6) is 0 Å². The van der Waals surface area contributed by atoms with Crippen LogP contribution in [0.15, 0.2) is 18.2 Å². The van der Waals surface area contributed by atoms with E-state index in [1.807, 2.05) is 19.1 Å². The molecule has 27 heavy (non-hydrogen) atoms. The topological polar surface area (TPSA) is 32.8 Å². The molecule has 0 amide bonds. The van der Waals surface area contributed by atoms with Crippen molar-refractivity contribution in [1.29, 1.82) is 0 Å². The van der Waals surface area contributed by atoms with E-state index in [4.69, 9.17) is 27.9 Å². The smallest absolute Gasteiger partial charge is 0.150 e. The number of halogens is 2. The molecule has 0 spiro atoms. The zero-order valence-electron chi connectivity index (χ0n) is 16.3. The van der Waals surface area contributed by atoms with Crippen LogP contribution in [0.1, 0.15) is 38.2 Å². The summed E-state index contributed by atoms with van der Waals surface area (Å²) in [5, 5.41) is 1.13. The number of rotatable bonds is 8. The van der Waals surface area contributed by atoms with Gasteiger partial charge in [-0.15, -0.1) is 0 Å². The average molecular weight is 413 g/mol. The van der Waals surface area contributed by atoms with Crippen LogP contribution in [0.25, 0.3) is 0 Å². The molecule has 1 heterocycles. The predicted octanol–water partition coefficient (Wildman–Crippen LogP) is 4.03. The van der Waals surface area contributed by atoms with Gasteiger partial charge in [0.15, 0.2) is 5.78 Å². The molecule has 3 rings (SSSR count). The lowest BCUT2D eigenvalue weighted by Gasteiger charge is -2.51. The minimum atomic E-state index is -0.152. The Balaban J connectivity index is 1.81. The molecule has 1 aromatic rings. The summed E-state index contributed by atoms with van der Waals surface area (Å²) < 4.78 is 5.44. The average Bonchev–Trinajstić information content (AvgIpc) is 2.65. The number of hydrogen-bond donors (Lipinski definition) is 0. The van der Waals surface area contributed by atoms with Crippen molar-refractivity contribution in [3.63, 3.8) is 0 Å². The van der Waals surface area contributed by atoms with Crippen LogP contribution in [-0.4, -0.2) is 68.1 Å². The summed E-state index contributed by atoms with van der Waals surface area (Å²) in [7, 11) is 2.09. The molecular weight excluding hydrogens is 383 g/mol. The molecule has 6 heteroatoms.